The molecular weight excluding hydrogens is 608 g/mol. The second-order valence-electron chi connectivity index (χ2n) is 12.8. The molecule has 7 amide bonds. The Hall–Kier alpha value is -5.11. The first-order valence-electron chi connectivity index (χ1n) is 15.6. The summed E-state index contributed by atoms with van der Waals surface area (Å²) in [4.78, 5) is 85.5. The molecule has 2 aromatic carbocycles. The van der Waals surface area contributed by atoms with Crippen LogP contribution >= 0.6 is 0 Å². The van der Waals surface area contributed by atoms with E-state index < -0.39 is 29.2 Å². The van der Waals surface area contributed by atoms with Crippen LogP contribution in [0.3, 0.4) is 0 Å². The third-order valence-corrected chi connectivity index (χ3v) is 8.27. The number of piperidine rings is 2. The number of ether oxygens (including phenoxy) is 1. The van der Waals surface area contributed by atoms with Crippen LogP contribution in [-0.4, -0.2) is 78.2 Å². The van der Waals surface area contributed by atoms with Gasteiger partial charge in [-0.05, 0) is 83.8 Å². The van der Waals surface area contributed by atoms with E-state index in [0.29, 0.717) is 42.9 Å². The third kappa shape index (κ3) is 7.65. The van der Waals surface area contributed by atoms with Gasteiger partial charge in [-0.3, -0.25) is 39.4 Å². The number of carbonyl (C=O) groups excluding carboxylic acids is 7. The van der Waals surface area contributed by atoms with Gasteiger partial charge in [0.15, 0.2) is 0 Å². The molecule has 6 rings (SSSR count). The molecule has 0 unspecified atom stereocenters. The van der Waals surface area contributed by atoms with Crippen molar-refractivity contribution < 1.29 is 38.3 Å². The Labute approximate surface area is 271 Å². The molecule has 0 radical (unpaired) electrons. The number of imide groups is 2. The Bertz CT molecular complexity index is 1630. The topological polar surface area (TPSA) is 192 Å². The number of hydrogen-bond acceptors (Lipinski definition) is 9. The first kappa shape index (κ1) is 33.3. The lowest BCUT2D eigenvalue weighted by Gasteiger charge is -2.33. The second-order valence-corrected chi connectivity index (χ2v) is 12.8. The molecule has 2 aromatic rings. The van der Waals surface area contributed by atoms with E-state index in [9.17, 15) is 33.6 Å². The van der Waals surface area contributed by atoms with E-state index in [1.54, 1.807) is 41.3 Å². The zero-order valence-electron chi connectivity index (χ0n) is 26.5. The normalized spacial score (nSPS) is 17.9. The number of likely N-dealkylation sites (tertiary alicyclic amines) is 1. The van der Waals surface area contributed by atoms with Gasteiger partial charge in [0.2, 0.25) is 11.8 Å². The van der Waals surface area contributed by atoms with Crippen LogP contribution in [-0.2, 0) is 14.3 Å². The lowest BCUT2D eigenvalue weighted by Crippen LogP contribution is -2.43. The van der Waals surface area contributed by atoms with Crippen molar-refractivity contribution in [2.24, 2.45) is 11.8 Å². The van der Waals surface area contributed by atoms with Gasteiger partial charge in [0.1, 0.15) is 5.60 Å². The molecule has 47 heavy (non-hydrogen) atoms. The minimum Gasteiger partial charge on any atom is -0.444 e. The molecule has 0 aliphatic carbocycles. The van der Waals surface area contributed by atoms with Crippen molar-refractivity contribution in [3.8, 4) is 0 Å². The maximum absolute atomic E-state index is 12.6. The van der Waals surface area contributed by atoms with Gasteiger partial charge in [-0.15, -0.1) is 0 Å². The smallest absolute Gasteiger partial charge is 0.410 e. The van der Waals surface area contributed by atoms with Crippen molar-refractivity contribution in [3.63, 3.8) is 0 Å². The van der Waals surface area contributed by atoms with Crippen LogP contribution in [0.25, 0.3) is 0 Å². The van der Waals surface area contributed by atoms with Gasteiger partial charge in [0.05, 0.1) is 33.6 Å². The van der Waals surface area contributed by atoms with Crippen LogP contribution in [0.4, 0.5) is 16.2 Å². The maximum atomic E-state index is 12.6. The van der Waals surface area contributed by atoms with Gasteiger partial charge in [0.25, 0.3) is 23.6 Å². The lowest BCUT2D eigenvalue weighted by molar-refractivity contribution is -0.121. The summed E-state index contributed by atoms with van der Waals surface area (Å²) in [5.41, 5.74) is 1.22. The van der Waals surface area contributed by atoms with Crippen LogP contribution in [0.1, 0.15) is 87.9 Å². The zero-order valence-corrected chi connectivity index (χ0v) is 26.5. The standard InChI is InChI=1S/C19H23N3O5.C14H15N3O3/c1-19(2,3)27-18(26)22-9-7-11(8-10-22)15(23)20-13-6-4-5-12-14(13)17(25)21-16(12)24;18-12(8-4-6-15-7-5-8)16-10-3-1-2-9-11(10)14(20)17-13(9)19/h4-6,11H,7-10H2,1-3H3,(H,20,23)(H,21,24,25);1-3,8,15H,4-7H2,(H,16,18)(H,17,19,20). The fourth-order valence-corrected chi connectivity index (χ4v) is 5.85. The van der Waals surface area contributed by atoms with Crippen LogP contribution in [0, 0.1) is 11.8 Å². The number of fused-ring (bicyclic) bond motifs is 2. The molecule has 0 aromatic heterocycles. The summed E-state index contributed by atoms with van der Waals surface area (Å²) in [5.74, 6) is -2.48. The van der Waals surface area contributed by atoms with Crippen LogP contribution in [0.5, 0.6) is 0 Å². The van der Waals surface area contributed by atoms with Crippen LogP contribution in [0.15, 0.2) is 36.4 Å². The van der Waals surface area contributed by atoms with Gasteiger partial charge in [-0.2, -0.15) is 0 Å². The summed E-state index contributed by atoms with van der Waals surface area (Å²) in [7, 11) is 0. The molecule has 0 bridgehead atoms. The van der Waals surface area contributed by atoms with E-state index >= 15 is 0 Å². The van der Waals surface area contributed by atoms with Gasteiger partial charge < -0.3 is 25.6 Å². The Kier molecular flexibility index (Phi) is 9.70. The molecule has 2 fully saturated rings. The first-order chi connectivity index (χ1) is 22.3. The SMILES string of the molecule is CC(C)(C)OC(=O)N1CCC(C(=O)Nc2cccc3c2C(=O)NC3=O)CC1.O=C1NC(=O)c2c(NC(=O)C3CCNCC3)cccc21. The quantitative estimate of drug-likeness (QED) is 0.311. The second kappa shape index (κ2) is 13.7. The average Bonchev–Trinajstić information content (AvgIpc) is 3.51. The molecular formula is C33H38N6O8. The Morgan fingerprint density at radius 1 is 0.702 bits per heavy atom. The summed E-state index contributed by atoms with van der Waals surface area (Å²) in [6.07, 6.45) is 2.20. The Morgan fingerprint density at radius 2 is 1.15 bits per heavy atom. The van der Waals surface area contributed by atoms with E-state index in [2.05, 4.69) is 26.6 Å². The highest BCUT2D eigenvalue weighted by molar-refractivity contribution is 6.25. The number of rotatable bonds is 4. The lowest BCUT2D eigenvalue weighted by atomic mass is 9.95. The van der Waals surface area contributed by atoms with Crippen LogP contribution < -0.4 is 26.6 Å². The van der Waals surface area contributed by atoms with E-state index in [0.717, 1.165) is 25.9 Å². The summed E-state index contributed by atoms with van der Waals surface area (Å²) in [6, 6.07) is 9.66. The monoisotopic (exact) mass is 646 g/mol. The van der Waals surface area contributed by atoms with Crippen molar-refractivity contribution in [1.82, 2.24) is 20.9 Å². The number of anilines is 2. The van der Waals surface area contributed by atoms with Gasteiger partial charge in [-0.25, -0.2) is 4.79 Å². The summed E-state index contributed by atoms with van der Waals surface area (Å²) < 4.78 is 5.35. The highest BCUT2D eigenvalue weighted by atomic mass is 16.6. The molecule has 14 nitrogen and oxygen atoms in total. The number of nitrogens with one attached hydrogen (secondary N) is 5. The average molecular weight is 647 g/mol. The Morgan fingerprint density at radius 3 is 1.60 bits per heavy atom. The van der Waals surface area contributed by atoms with Gasteiger partial charge in [0, 0.05) is 24.9 Å². The predicted octanol–water partition coefficient (Wildman–Crippen LogP) is 2.66. The molecule has 14 heteroatoms. The molecule has 0 saturated carbocycles. The highest BCUT2D eigenvalue weighted by Crippen LogP contribution is 2.28. The number of hydrogen-bond donors (Lipinski definition) is 5. The van der Waals surface area contributed by atoms with Crippen molar-refractivity contribution in [2.75, 3.05) is 36.8 Å². The van der Waals surface area contributed by atoms with Crippen molar-refractivity contribution in [2.45, 2.75) is 52.1 Å². The molecule has 5 N–H and O–H groups in total. The van der Waals surface area contributed by atoms with E-state index in [4.69, 9.17) is 4.74 Å². The Balaban J connectivity index is 0.000000193. The van der Waals surface area contributed by atoms with Crippen LogP contribution in [0.2, 0.25) is 0 Å². The first-order valence-corrected chi connectivity index (χ1v) is 15.6. The minimum absolute atomic E-state index is 0.0488. The predicted molar refractivity (Wildman–Crippen MR) is 170 cm³/mol. The molecule has 248 valence electrons. The molecule has 4 heterocycles. The summed E-state index contributed by atoms with van der Waals surface area (Å²) >= 11 is 0. The van der Waals surface area contributed by atoms with E-state index in [1.165, 1.54) is 0 Å². The van der Waals surface area contributed by atoms with E-state index in [-0.39, 0.29) is 46.4 Å². The van der Waals surface area contributed by atoms with Gasteiger partial charge >= 0.3 is 6.09 Å². The number of benzene rings is 2. The fraction of sp³-hybridized carbons (Fsp3) is 0.424. The fourth-order valence-electron chi connectivity index (χ4n) is 5.85. The maximum Gasteiger partial charge on any atom is 0.410 e. The van der Waals surface area contributed by atoms with Gasteiger partial charge in [-0.1, -0.05) is 12.1 Å². The number of nitrogens with zero attached hydrogens (tertiary/aromatic N) is 1. The molecule has 4 aliphatic rings. The van der Waals surface area contributed by atoms with Crippen molar-refractivity contribution in [1.29, 1.82) is 0 Å². The third-order valence-electron chi connectivity index (χ3n) is 8.27. The summed E-state index contributed by atoms with van der Waals surface area (Å²) in [5, 5.41) is 13.2. The van der Waals surface area contributed by atoms with Crippen molar-refractivity contribution >= 4 is 52.9 Å². The molecule has 4 aliphatic heterocycles. The minimum atomic E-state index is -0.559. The number of carbonyl (C=O) groups is 7. The number of amides is 7. The molecule has 2 saturated heterocycles. The largest absolute Gasteiger partial charge is 0.444 e. The molecule has 0 atom stereocenters. The van der Waals surface area contributed by atoms with Crippen molar-refractivity contribution in [3.05, 3.63) is 58.7 Å². The molecule has 0 spiro atoms. The zero-order chi connectivity index (χ0) is 33.9. The highest BCUT2D eigenvalue weighted by Gasteiger charge is 2.34. The summed E-state index contributed by atoms with van der Waals surface area (Å²) in [6.45, 7) is 7.94. The van der Waals surface area contributed by atoms with E-state index in [1.807, 2.05) is 20.8 Å².